The molecule has 0 saturated carbocycles. The molecule has 116 valence electrons. The number of carboxylic acid groups (broad SMARTS) is 1. The maximum atomic E-state index is 13.6. The fourth-order valence-corrected chi connectivity index (χ4v) is 1.39. The Hall–Kier alpha value is -2.22. The molecule has 3 N–H and O–H groups in total. The summed E-state index contributed by atoms with van der Waals surface area (Å²) in [6.45, 7) is 2.83. The van der Waals surface area contributed by atoms with Gasteiger partial charge in [-0.25, -0.2) is 18.4 Å². The van der Waals surface area contributed by atoms with E-state index in [9.17, 15) is 18.4 Å². The highest BCUT2D eigenvalue weighted by Gasteiger charge is 2.27. The first-order chi connectivity index (χ1) is 9.60. The monoisotopic (exact) mass is 302 g/mol. The summed E-state index contributed by atoms with van der Waals surface area (Å²) < 4.78 is 26.8. The average molecular weight is 302 g/mol. The predicted octanol–water partition coefficient (Wildman–Crippen LogP) is 1.90. The van der Waals surface area contributed by atoms with Crippen LogP contribution in [0.2, 0.25) is 0 Å². The van der Waals surface area contributed by atoms with Crippen LogP contribution >= 0.6 is 0 Å². The molecule has 21 heavy (non-hydrogen) atoms. The fourth-order valence-electron chi connectivity index (χ4n) is 1.39. The number of halogens is 2. The van der Waals surface area contributed by atoms with Crippen LogP contribution in [-0.4, -0.2) is 46.3 Å². The Balaban J connectivity index is 3.06. The first-order valence-corrected chi connectivity index (χ1v) is 5.98. The van der Waals surface area contributed by atoms with E-state index >= 15 is 0 Å². The number of carboxylic acids is 1. The van der Waals surface area contributed by atoms with Crippen LogP contribution in [-0.2, 0) is 0 Å². The maximum Gasteiger partial charge on any atom is 0.338 e. The molecule has 0 unspecified atom stereocenters. The number of aliphatic hydroxyl groups is 1. The highest BCUT2D eigenvalue weighted by Crippen LogP contribution is 2.21. The summed E-state index contributed by atoms with van der Waals surface area (Å²) in [6.07, 6.45) is 0. The van der Waals surface area contributed by atoms with Crippen LogP contribution in [0.25, 0.3) is 0 Å². The van der Waals surface area contributed by atoms with Gasteiger partial charge in [0.25, 0.3) is 0 Å². The van der Waals surface area contributed by atoms with E-state index in [1.54, 1.807) is 13.8 Å². The molecule has 0 fully saturated rings. The lowest BCUT2D eigenvalue weighted by Gasteiger charge is -2.33. The van der Waals surface area contributed by atoms with Gasteiger partial charge in [-0.3, -0.25) is 0 Å². The molecule has 0 aliphatic carbocycles. The van der Waals surface area contributed by atoms with Crippen molar-refractivity contribution in [2.45, 2.75) is 19.4 Å². The molecule has 0 heterocycles. The van der Waals surface area contributed by atoms with E-state index in [2.05, 4.69) is 5.32 Å². The molecule has 0 aliphatic heterocycles. The Labute approximate surface area is 120 Å². The molecule has 0 aromatic heterocycles. The molecular weight excluding hydrogens is 286 g/mol. The van der Waals surface area contributed by atoms with Gasteiger partial charge in [0.2, 0.25) is 0 Å². The van der Waals surface area contributed by atoms with Crippen molar-refractivity contribution < 1.29 is 28.6 Å². The maximum absolute atomic E-state index is 13.6. The third-order valence-electron chi connectivity index (χ3n) is 3.13. The lowest BCUT2D eigenvalue weighted by Crippen LogP contribution is -2.49. The van der Waals surface area contributed by atoms with Crippen molar-refractivity contribution in [2.75, 3.05) is 19.0 Å². The highest BCUT2D eigenvalue weighted by atomic mass is 19.1. The number of likely N-dealkylation sites (N-methyl/N-ethyl adjacent to an activating group) is 1. The second-order valence-corrected chi connectivity index (χ2v) is 5.08. The Morgan fingerprint density at radius 2 is 1.86 bits per heavy atom. The molecule has 1 aromatic rings. The number of nitrogens with zero attached hydrogens (tertiary/aromatic N) is 1. The number of benzene rings is 1. The smallest absolute Gasteiger partial charge is 0.338 e. The quantitative estimate of drug-likeness (QED) is 0.792. The lowest BCUT2D eigenvalue weighted by atomic mass is 10.1. The molecule has 0 bridgehead atoms. The van der Waals surface area contributed by atoms with Crippen LogP contribution in [0, 0.1) is 11.6 Å². The van der Waals surface area contributed by atoms with Gasteiger partial charge in [-0.1, -0.05) is 0 Å². The fraction of sp³-hybridized carbons (Fsp3) is 0.385. The van der Waals surface area contributed by atoms with Crippen molar-refractivity contribution in [2.24, 2.45) is 0 Å². The Morgan fingerprint density at radius 1 is 1.29 bits per heavy atom. The van der Waals surface area contributed by atoms with Crippen LogP contribution in [0.4, 0.5) is 19.3 Å². The summed E-state index contributed by atoms with van der Waals surface area (Å²) in [6, 6.07) is 0.317. The second-order valence-electron chi connectivity index (χ2n) is 5.08. The molecular formula is C13H16F2N2O4. The van der Waals surface area contributed by atoms with E-state index in [1.807, 2.05) is 0 Å². The normalized spacial score (nSPS) is 11.1. The Morgan fingerprint density at radius 3 is 2.33 bits per heavy atom. The first kappa shape index (κ1) is 16.8. The van der Waals surface area contributed by atoms with Crippen molar-refractivity contribution in [1.82, 2.24) is 4.90 Å². The van der Waals surface area contributed by atoms with Crippen LogP contribution in [0.3, 0.4) is 0 Å². The van der Waals surface area contributed by atoms with Crippen molar-refractivity contribution in [3.05, 3.63) is 29.3 Å². The summed E-state index contributed by atoms with van der Waals surface area (Å²) in [5.74, 6) is -3.91. The van der Waals surface area contributed by atoms with E-state index in [4.69, 9.17) is 10.2 Å². The van der Waals surface area contributed by atoms with Gasteiger partial charge in [0.1, 0.15) is 11.6 Å². The number of carbonyl (C=O) groups is 2. The molecule has 0 radical (unpaired) electrons. The van der Waals surface area contributed by atoms with Gasteiger partial charge in [-0.2, -0.15) is 0 Å². The average Bonchev–Trinajstić information content (AvgIpc) is 2.40. The van der Waals surface area contributed by atoms with Crippen molar-refractivity contribution >= 4 is 17.7 Å². The third-order valence-corrected chi connectivity index (χ3v) is 3.13. The minimum atomic E-state index is -1.58. The minimum absolute atomic E-state index is 0.330. The third kappa shape index (κ3) is 3.66. The number of carbonyl (C=O) groups excluding carboxylic acids is 1. The minimum Gasteiger partial charge on any atom is -0.478 e. The number of aromatic carboxylic acids is 1. The number of anilines is 1. The number of aliphatic hydroxyl groups excluding tert-OH is 1. The zero-order valence-electron chi connectivity index (χ0n) is 11.8. The van der Waals surface area contributed by atoms with Crippen LogP contribution in [0.5, 0.6) is 0 Å². The number of nitrogens with one attached hydrogen (secondary N) is 1. The van der Waals surface area contributed by atoms with Crippen molar-refractivity contribution in [1.29, 1.82) is 0 Å². The zero-order valence-corrected chi connectivity index (χ0v) is 11.8. The zero-order chi connectivity index (χ0) is 16.4. The number of urea groups is 1. The van der Waals surface area contributed by atoms with Gasteiger partial charge in [0.15, 0.2) is 0 Å². The van der Waals surface area contributed by atoms with Gasteiger partial charge in [-0.05, 0) is 19.9 Å². The molecule has 1 rings (SSSR count). The van der Waals surface area contributed by atoms with Gasteiger partial charge in [0, 0.05) is 13.1 Å². The van der Waals surface area contributed by atoms with Gasteiger partial charge < -0.3 is 20.4 Å². The van der Waals surface area contributed by atoms with Crippen molar-refractivity contribution in [3.8, 4) is 0 Å². The number of amides is 2. The number of hydrogen-bond acceptors (Lipinski definition) is 3. The Bertz CT molecular complexity index is 576. The molecule has 8 heteroatoms. The lowest BCUT2D eigenvalue weighted by molar-refractivity contribution is 0.0691. The molecule has 0 spiro atoms. The van der Waals surface area contributed by atoms with Crippen molar-refractivity contribution in [3.63, 3.8) is 0 Å². The van der Waals surface area contributed by atoms with Crippen LogP contribution in [0.15, 0.2) is 12.1 Å². The molecule has 0 atom stereocenters. The number of hydrogen-bond donors (Lipinski definition) is 3. The summed E-state index contributed by atoms with van der Waals surface area (Å²) in [4.78, 5) is 23.8. The first-order valence-electron chi connectivity index (χ1n) is 5.98. The standard InChI is InChI=1S/C13H16F2N2O4/c1-13(2,6-18)17(3)12(21)16-10-4-7(11(19)20)8(14)5-9(10)15/h4-5,18H,6H2,1-3H3,(H,16,21)(H,19,20). The summed E-state index contributed by atoms with van der Waals surface area (Å²) >= 11 is 0. The summed E-state index contributed by atoms with van der Waals surface area (Å²) in [5, 5.41) is 20.1. The largest absolute Gasteiger partial charge is 0.478 e. The second kappa shape index (κ2) is 6.04. The summed E-state index contributed by atoms with van der Waals surface area (Å²) in [7, 11) is 1.38. The molecule has 0 aliphatic rings. The van der Waals surface area contributed by atoms with Crippen LogP contribution < -0.4 is 5.32 Å². The molecule has 2 amide bonds. The molecule has 1 aromatic carbocycles. The highest BCUT2D eigenvalue weighted by molar-refractivity contribution is 5.93. The SMILES string of the molecule is CN(C(=O)Nc1cc(C(=O)O)c(F)cc1F)C(C)(C)CO. The van der Waals surface area contributed by atoms with Gasteiger partial charge in [0.05, 0.1) is 23.4 Å². The summed E-state index contributed by atoms with van der Waals surface area (Å²) in [5.41, 5.74) is -2.12. The Kier molecular flexibility index (Phi) is 4.84. The van der Waals surface area contributed by atoms with E-state index < -0.39 is 40.4 Å². The topological polar surface area (TPSA) is 89.9 Å². The van der Waals surface area contributed by atoms with Crippen LogP contribution in [0.1, 0.15) is 24.2 Å². The van der Waals surface area contributed by atoms with Gasteiger partial charge >= 0.3 is 12.0 Å². The molecule has 6 nitrogen and oxygen atoms in total. The van der Waals surface area contributed by atoms with Gasteiger partial charge in [-0.15, -0.1) is 0 Å². The predicted molar refractivity (Wildman–Crippen MR) is 71.3 cm³/mol. The van der Waals surface area contributed by atoms with E-state index in [0.717, 1.165) is 4.90 Å². The van der Waals surface area contributed by atoms with E-state index in [1.165, 1.54) is 7.05 Å². The van der Waals surface area contributed by atoms with E-state index in [0.29, 0.717) is 12.1 Å². The number of rotatable bonds is 4. The molecule has 0 saturated heterocycles. The van der Waals surface area contributed by atoms with E-state index in [-0.39, 0.29) is 6.61 Å².